The number of halogens is 1. The predicted molar refractivity (Wildman–Crippen MR) is 113 cm³/mol. The van der Waals surface area contributed by atoms with Crippen LogP contribution in [0.5, 0.6) is 0 Å². The predicted octanol–water partition coefficient (Wildman–Crippen LogP) is 2.31. The van der Waals surface area contributed by atoms with Crippen molar-refractivity contribution in [1.29, 1.82) is 0 Å². The van der Waals surface area contributed by atoms with Crippen molar-refractivity contribution in [2.75, 3.05) is 11.6 Å². The minimum atomic E-state index is -0.447. The minimum absolute atomic E-state index is 0.000237. The van der Waals surface area contributed by atoms with Gasteiger partial charge in [-0.3, -0.25) is 19.5 Å². The normalized spacial score (nSPS) is 14.0. The maximum absolute atomic E-state index is 12.8. The minimum Gasteiger partial charge on any atom is -0.334 e. The number of fused-ring (bicyclic) bond motifs is 1. The van der Waals surface area contributed by atoms with Gasteiger partial charge >= 0.3 is 0 Å². The first-order chi connectivity index (χ1) is 13.0. The highest BCUT2D eigenvalue weighted by atomic mass is 127. The van der Waals surface area contributed by atoms with Gasteiger partial charge in [0.05, 0.1) is 9.46 Å². The molecule has 0 amide bonds. The van der Waals surface area contributed by atoms with Crippen LogP contribution in [0.25, 0.3) is 6.08 Å². The van der Waals surface area contributed by atoms with E-state index in [0.717, 1.165) is 9.26 Å². The van der Waals surface area contributed by atoms with Crippen LogP contribution in [-0.2, 0) is 6.67 Å². The number of rotatable bonds is 3. The number of benzene rings is 2. The number of nitro groups is 1. The Labute approximate surface area is 171 Å². The smallest absolute Gasteiger partial charge is 0.271 e. The molecule has 0 bridgehead atoms. The molecule has 0 spiro atoms. The van der Waals surface area contributed by atoms with E-state index in [-0.39, 0.29) is 11.2 Å². The molecule has 1 aliphatic rings. The second-order valence-electron chi connectivity index (χ2n) is 5.94. The fraction of sp³-hybridized carbons (Fsp3) is 0.111. The van der Waals surface area contributed by atoms with Crippen LogP contribution < -0.4 is 19.8 Å². The lowest BCUT2D eigenvalue weighted by Crippen LogP contribution is -2.42. The van der Waals surface area contributed by atoms with Crippen molar-refractivity contribution in [3.63, 3.8) is 0 Å². The van der Waals surface area contributed by atoms with E-state index in [2.05, 4.69) is 27.6 Å². The van der Waals surface area contributed by atoms with E-state index in [1.165, 1.54) is 23.5 Å². The third-order valence-corrected chi connectivity index (χ3v) is 5.91. The van der Waals surface area contributed by atoms with Gasteiger partial charge in [0, 0.05) is 21.4 Å². The van der Waals surface area contributed by atoms with Crippen LogP contribution in [0.1, 0.15) is 5.56 Å². The van der Waals surface area contributed by atoms with Crippen LogP contribution in [0.3, 0.4) is 0 Å². The van der Waals surface area contributed by atoms with Crippen molar-refractivity contribution in [2.45, 2.75) is 6.67 Å². The molecule has 2 aromatic carbocycles. The summed E-state index contributed by atoms with van der Waals surface area (Å²) in [6.07, 6.45) is 1.68. The number of anilines is 1. The average molecular weight is 492 g/mol. The van der Waals surface area contributed by atoms with E-state index in [9.17, 15) is 14.9 Å². The first kappa shape index (κ1) is 17.9. The summed E-state index contributed by atoms with van der Waals surface area (Å²) in [6, 6.07) is 14.3. The van der Waals surface area contributed by atoms with Crippen LogP contribution in [0.4, 0.5) is 11.4 Å². The van der Waals surface area contributed by atoms with Gasteiger partial charge in [-0.05, 0) is 58.5 Å². The van der Waals surface area contributed by atoms with Crippen molar-refractivity contribution >= 4 is 51.4 Å². The second-order valence-corrected chi connectivity index (χ2v) is 8.19. The summed E-state index contributed by atoms with van der Waals surface area (Å²) in [5, 5.41) is 10.9. The largest absolute Gasteiger partial charge is 0.334 e. The molecule has 0 saturated carbocycles. The molecular formula is C18H13IN4O3S. The monoisotopic (exact) mass is 492 g/mol. The quantitative estimate of drug-likeness (QED) is 0.320. The Kier molecular flexibility index (Phi) is 4.79. The molecule has 2 heterocycles. The molecular weight excluding hydrogens is 479 g/mol. The highest BCUT2D eigenvalue weighted by molar-refractivity contribution is 14.1. The van der Waals surface area contributed by atoms with Crippen molar-refractivity contribution in [3.8, 4) is 0 Å². The maximum Gasteiger partial charge on any atom is 0.271 e. The van der Waals surface area contributed by atoms with Crippen LogP contribution in [-0.4, -0.2) is 16.2 Å². The van der Waals surface area contributed by atoms with E-state index in [1.54, 1.807) is 22.8 Å². The van der Waals surface area contributed by atoms with Gasteiger partial charge in [-0.25, -0.2) is 4.99 Å². The number of aromatic nitrogens is 1. The molecule has 1 aromatic heterocycles. The molecule has 0 aliphatic carbocycles. The number of nitrogens with zero attached hydrogens (tertiary/aromatic N) is 4. The molecule has 0 radical (unpaired) electrons. The Hall–Kier alpha value is -2.53. The van der Waals surface area contributed by atoms with Crippen LogP contribution in [0.15, 0.2) is 58.3 Å². The zero-order valence-electron chi connectivity index (χ0n) is 13.9. The summed E-state index contributed by atoms with van der Waals surface area (Å²) in [4.78, 5) is 30.5. The topological polar surface area (TPSA) is 80.7 Å². The number of non-ortho nitro benzene ring substituents is 1. The molecule has 0 unspecified atom stereocenters. The first-order valence-electron chi connectivity index (χ1n) is 8.02. The van der Waals surface area contributed by atoms with Crippen LogP contribution >= 0.6 is 33.9 Å². The molecule has 4 rings (SSSR count). The Morgan fingerprint density at radius 3 is 2.74 bits per heavy atom. The van der Waals surface area contributed by atoms with E-state index in [4.69, 9.17) is 0 Å². The SMILES string of the molecule is O=c1/c(=C/c2cccc([N+](=O)[O-])c2)sc2n1CN(c1ccc(I)cc1)CN=2. The van der Waals surface area contributed by atoms with Gasteiger partial charge in [-0.2, -0.15) is 0 Å². The first-order valence-corrected chi connectivity index (χ1v) is 9.91. The Morgan fingerprint density at radius 1 is 1.22 bits per heavy atom. The van der Waals surface area contributed by atoms with Crippen molar-refractivity contribution in [1.82, 2.24) is 4.57 Å². The lowest BCUT2D eigenvalue weighted by atomic mass is 10.2. The van der Waals surface area contributed by atoms with E-state index >= 15 is 0 Å². The standard InChI is InChI=1S/C18H13IN4O3S/c19-13-4-6-14(7-5-13)21-10-20-18-22(11-21)17(24)16(27-18)9-12-2-1-3-15(8-12)23(25)26/h1-9H,10-11H2/b16-9-. The Bertz CT molecular complexity index is 1200. The highest BCUT2D eigenvalue weighted by Gasteiger charge is 2.16. The van der Waals surface area contributed by atoms with Gasteiger partial charge in [0.25, 0.3) is 11.2 Å². The molecule has 1 aliphatic heterocycles. The summed E-state index contributed by atoms with van der Waals surface area (Å²) < 4.78 is 3.29. The molecule has 3 aromatic rings. The lowest BCUT2D eigenvalue weighted by Gasteiger charge is -2.25. The fourth-order valence-electron chi connectivity index (χ4n) is 2.81. The molecule has 7 nitrogen and oxygen atoms in total. The van der Waals surface area contributed by atoms with Crippen molar-refractivity contribution < 1.29 is 4.92 Å². The summed E-state index contributed by atoms with van der Waals surface area (Å²) >= 11 is 3.55. The molecule has 136 valence electrons. The number of hydrogen-bond acceptors (Lipinski definition) is 6. The van der Waals surface area contributed by atoms with E-state index in [0.29, 0.717) is 28.2 Å². The van der Waals surface area contributed by atoms with Gasteiger partial charge in [0.15, 0.2) is 4.80 Å². The molecule has 0 N–H and O–H groups in total. The van der Waals surface area contributed by atoms with Crippen LogP contribution in [0.2, 0.25) is 0 Å². The molecule has 27 heavy (non-hydrogen) atoms. The van der Waals surface area contributed by atoms with Gasteiger partial charge in [-0.1, -0.05) is 23.5 Å². The van der Waals surface area contributed by atoms with Gasteiger partial charge in [0.2, 0.25) is 0 Å². The highest BCUT2D eigenvalue weighted by Crippen LogP contribution is 2.17. The number of thiazole rings is 1. The van der Waals surface area contributed by atoms with E-state index in [1.807, 2.05) is 29.2 Å². The van der Waals surface area contributed by atoms with Gasteiger partial charge < -0.3 is 4.90 Å². The van der Waals surface area contributed by atoms with Gasteiger partial charge in [0.1, 0.15) is 13.3 Å². The number of hydrogen-bond donors (Lipinski definition) is 0. The Morgan fingerprint density at radius 2 is 2.00 bits per heavy atom. The lowest BCUT2D eigenvalue weighted by molar-refractivity contribution is -0.384. The number of nitro benzene ring substituents is 1. The summed E-state index contributed by atoms with van der Waals surface area (Å²) in [6.45, 7) is 0.911. The van der Waals surface area contributed by atoms with Gasteiger partial charge in [-0.15, -0.1) is 0 Å². The molecule has 9 heteroatoms. The Balaban J connectivity index is 1.70. The summed E-state index contributed by atoms with van der Waals surface area (Å²) in [5.41, 5.74) is 1.49. The fourth-order valence-corrected chi connectivity index (χ4v) is 4.13. The summed E-state index contributed by atoms with van der Waals surface area (Å²) in [7, 11) is 0. The summed E-state index contributed by atoms with van der Waals surface area (Å²) in [5.74, 6) is 0. The van der Waals surface area contributed by atoms with Crippen LogP contribution in [0, 0.1) is 13.7 Å². The maximum atomic E-state index is 12.8. The molecule has 0 fully saturated rings. The zero-order chi connectivity index (χ0) is 19.0. The molecule has 0 saturated heterocycles. The average Bonchev–Trinajstić information content (AvgIpc) is 2.98. The van der Waals surface area contributed by atoms with Crippen molar-refractivity contribution in [2.24, 2.45) is 4.99 Å². The van der Waals surface area contributed by atoms with Crippen molar-refractivity contribution in [3.05, 3.63) is 87.5 Å². The zero-order valence-corrected chi connectivity index (χ0v) is 16.9. The third-order valence-electron chi connectivity index (χ3n) is 4.15. The van der Waals surface area contributed by atoms with E-state index < -0.39 is 4.92 Å². The second kappa shape index (κ2) is 7.24. The molecule has 0 atom stereocenters. The third kappa shape index (κ3) is 3.65.